The van der Waals surface area contributed by atoms with Crippen LogP contribution in [0.4, 0.5) is 10.5 Å². The number of hydrogen-bond acceptors (Lipinski definition) is 15. The lowest BCUT2D eigenvalue weighted by molar-refractivity contribution is -0.265. The minimum Gasteiger partial charge on any atom is -0.460 e. The van der Waals surface area contributed by atoms with E-state index in [4.69, 9.17) is 40.0 Å². The predicted octanol–water partition coefficient (Wildman–Crippen LogP) is 10.5. The number of amides is 2. The second kappa shape index (κ2) is 31.7. The molecule has 2 amide bonds. The van der Waals surface area contributed by atoms with Crippen LogP contribution in [0.2, 0.25) is 5.02 Å². The molecule has 5 aliphatic rings. The van der Waals surface area contributed by atoms with Crippen molar-refractivity contribution >= 4 is 52.6 Å². The van der Waals surface area contributed by atoms with E-state index in [2.05, 4.69) is 17.0 Å². The number of allylic oxidation sites excluding steroid dienone is 6. The number of piperidine rings is 1. The molecule has 2 bridgehead atoms. The first-order valence-corrected chi connectivity index (χ1v) is 31.4. The van der Waals surface area contributed by atoms with Gasteiger partial charge in [-0.1, -0.05) is 107 Å². The molecule has 0 aromatic heterocycles. The lowest BCUT2D eigenvalue weighted by atomic mass is 9.78. The molecule has 17 nitrogen and oxygen atoms in total. The molecule has 472 valence electrons. The Bertz CT molecular complexity index is 2780. The van der Waals surface area contributed by atoms with Crippen molar-refractivity contribution in [2.75, 3.05) is 46.0 Å². The first kappa shape index (κ1) is 68.1. The second-order valence-corrected chi connectivity index (χ2v) is 25.5. The van der Waals surface area contributed by atoms with Crippen LogP contribution in [0.15, 0.2) is 96.1 Å². The monoisotopic (exact) mass is 1210 g/mol. The Morgan fingerprint density at radius 1 is 0.826 bits per heavy atom. The minimum absolute atomic E-state index is 0.00627. The molecule has 7 rings (SSSR count). The molecule has 1 saturated carbocycles. The number of fused-ring (bicyclic) bond motifs is 4. The van der Waals surface area contributed by atoms with Gasteiger partial charge in [-0.3, -0.25) is 29.0 Å². The number of aliphatic hydroxyl groups excluding tert-OH is 1. The molecule has 2 N–H and O–H groups in total. The van der Waals surface area contributed by atoms with Crippen LogP contribution in [-0.2, 0) is 65.4 Å². The van der Waals surface area contributed by atoms with E-state index in [1.807, 2.05) is 70.2 Å². The molecule has 9 unspecified atom stereocenters. The number of halogens is 1. The summed E-state index contributed by atoms with van der Waals surface area (Å²) < 4.78 is 36.6. The second-order valence-electron chi connectivity index (χ2n) is 25.1. The molecule has 0 radical (unpaired) electrons. The summed E-state index contributed by atoms with van der Waals surface area (Å²) >= 11 is 6.30. The van der Waals surface area contributed by atoms with E-state index in [1.54, 1.807) is 70.2 Å². The lowest BCUT2D eigenvalue weighted by Crippen LogP contribution is -2.61. The van der Waals surface area contributed by atoms with Crippen LogP contribution >= 0.6 is 11.6 Å². The molecule has 2 aromatic rings. The third-order valence-corrected chi connectivity index (χ3v) is 18.9. The fraction of sp³-hybridized carbons (Fsp3) is 0.618. The normalized spacial score (nSPS) is 34.3. The SMILES string of the molecule is COC1CC2CC[C@@H](C)[C@@](O)(O2)C(=O)C(=O)N2CCCC[C@H]2C(=O)OC(C(C)CC2CC[C@@H](OC(=O)N(CN3CCc4ccccc4C3)c3ccc(Cl)cc3)C(OC)C2)CC(=O)C(C)/C=C(/C)[C@@H](O)C(OC)C(=O)[C@H](C)CC(C)\C=C/C=C\C=C/1C. The van der Waals surface area contributed by atoms with Crippen molar-refractivity contribution in [3.05, 3.63) is 112 Å². The molecule has 0 spiro atoms. The molecule has 4 aliphatic heterocycles. The number of nitrogens with zero attached hydrogens (tertiary/aromatic N) is 3. The number of ketones is 3. The number of rotatable bonds is 10. The van der Waals surface area contributed by atoms with Crippen molar-refractivity contribution in [1.82, 2.24) is 9.80 Å². The fourth-order valence-corrected chi connectivity index (χ4v) is 13.3. The first-order chi connectivity index (χ1) is 41.0. The fourth-order valence-electron chi connectivity index (χ4n) is 13.2. The van der Waals surface area contributed by atoms with Gasteiger partial charge < -0.3 is 43.5 Å². The Morgan fingerprint density at radius 3 is 2.27 bits per heavy atom. The Kier molecular flexibility index (Phi) is 25.1. The van der Waals surface area contributed by atoms with Gasteiger partial charge in [-0.05, 0) is 149 Å². The number of carbonyl (C=O) groups is 6. The molecular formula is C68H94ClN3O14. The van der Waals surface area contributed by atoms with E-state index < -0.39 is 102 Å². The zero-order chi connectivity index (χ0) is 62.4. The van der Waals surface area contributed by atoms with Crippen LogP contribution in [-0.4, -0.2) is 151 Å². The van der Waals surface area contributed by atoms with Gasteiger partial charge in [0.2, 0.25) is 5.79 Å². The summed E-state index contributed by atoms with van der Waals surface area (Å²) in [6.45, 7) is 14.4. The number of Topliss-reactive ketones (excluding diaryl/α,β-unsaturated/α-hetero) is 3. The smallest absolute Gasteiger partial charge is 0.415 e. The topological polar surface area (TPSA) is 208 Å². The number of methoxy groups -OCH3 is 3. The van der Waals surface area contributed by atoms with Crippen LogP contribution < -0.4 is 4.90 Å². The zero-order valence-electron chi connectivity index (χ0n) is 52.2. The van der Waals surface area contributed by atoms with Crippen molar-refractivity contribution in [3.8, 4) is 0 Å². The average molecular weight is 1210 g/mol. The third kappa shape index (κ3) is 17.5. The number of carbonyl (C=O) groups excluding carboxylic acids is 6. The summed E-state index contributed by atoms with van der Waals surface area (Å²) in [7, 11) is 4.55. The van der Waals surface area contributed by atoms with E-state index in [-0.39, 0.29) is 42.8 Å². The van der Waals surface area contributed by atoms with Crippen molar-refractivity contribution in [2.24, 2.45) is 35.5 Å². The van der Waals surface area contributed by atoms with Crippen LogP contribution in [0.5, 0.6) is 0 Å². The molecule has 2 saturated heterocycles. The molecule has 18 heteroatoms. The quantitative estimate of drug-likeness (QED) is 0.129. The molecule has 15 atom stereocenters. The van der Waals surface area contributed by atoms with Gasteiger partial charge in [0.25, 0.3) is 11.7 Å². The highest BCUT2D eigenvalue weighted by Crippen LogP contribution is 2.39. The van der Waals surface area contributed by atoms with E-state index >= 15 is 0 Å². The Morgan fingerprint density at radius 2 is 1.56 bits per heavy atom. The van der Waals surface area contributed by atoms with Crippen LogP contribution in [0.3, 0.4) is 0 Å². The van der Waals surface area contributed by atoms with Crippen molar-refractivity contribution in [3.63, 3.8) is 0 Å². The summed E-state index contributed by atoms with van der Waals surface area (Å²) in [4.78, 5) is 91.6. The number of ether oxygens (including phenoxy) is 6. The highest BCUT2D eigenvalue weighted by atomic mass is 35.5. The molecule has 4 heterocycles. The largest absolute Gasteiger partial charge is 0.460 e. The average Bonchev–Trinajstić information content (AvgIpc) is 1.23. The van der Waals surface area contributed by atoms with Gasteiger partial charge in [-0.2, -0.15) is 0 Å². The number of anilines is 1. The van der Waals surface area contributed by atoms with Gasteiger partial charge in [0.1, 0.15) is 36.2 Å². The lowest BCUT2D eigenvalue weighted by Gasteiger charge is -2.42. The number of aliphatic hydroxyl groups is 2. The maximum Gasteiger partial charge on any atom is 0.415 e. The Balaban J connectivity index is 1.12. The first-order valence-electron chi connectivity index (χ1n) is 31.1. The molecule has 3 fully saturated rings. The van der Waals surface area contributed by atoms with Crippen molar-refractivity contribution in [1.29, 1.82) is 0 Å². The van der Waals surface area contributed by atoms with Gasteiger partial charge in [-0.15, -0.1) is 0 Å². The predicted molar refractivity (Wildman–Crippen MR) is 329 cm³/mol. The summed E-state index contributed by atoms with van der Waals surface area (Å²) in [5, 5.41) is 24.3. The molecular weight excluding hydrogens is 1120 g/mol. The van der Waals surface area contributed by atoms with Gasteiger partial charge in [-0.25, -0.2) is 9.59 Å². The van der Waals surface area contributed by atoms with E-state index in [0.29, 0.717) is 93.7 Å². The van der Waals surface area contributed by atoms with E-state index in [9.17, 15) is 39.0 Å². The Hall–Kier alpha value is -5.37. The van der Waals surface area contributed by atoms with Crippen LogP contribution in [0, 0.1) is 35.5 Å². The summed E-state index contributed by atoms with van der Waals surface area (Å²) in [5.74, 6) is -8.50. The van der Waals surface area contributed by atoms with Gasteiger partial charge >= 0.3 is 12.1 Å². The van der Waals surface area contributed by atoms with E-state index in [1.165, 1.54) is 23.1 Å². The molecule has 1 aliphatic carbocycles. The van der Waals surface area contributed by atoms with Gasteiger partial charge in [0.05, 0.1) is 25.0 Å². The molecule has 2 aromatic carbocycles. The Labute approximate surface area is 514 Å². The highest BCUT2D eigenvalue weighted by Gasteiger charge is 2.53. The number of cyclic esters (lactones) is 1. The van der Waals surface area contributed by atoms with Crippen molar-refractivity contribution < 1.29 is 67.4 Å². The number of esters is 1. The molecule has 86 heavy (non-hydrogen) atoms. The maximum atomic E-state index is 14.8. The highest BCUT2D eigenvalue weighted by molar-refractivity contribution is 6.39. The standard InChI is InChI=1S/C68H94ClN3O14/c1-42-18-12-11-13-19-43(2)58(81-8)38-54-29-23-48(7)68(80,86-54)64(76)65(77)71-32-17-16-22-55(71)66(78)84-59(39-56(73)44(3)35-47(6)62(75)63(83-10)61(74)46(5)34-42)45(4)36-49-24-30-57(60(37-49)82-9)85-67(79)72(53-27-25-52(69)26-28-53)41-70-33-31-50-20-14-15-21-51(50)40-70/h11-15,18-21,25-28,35,42,44-46,48-49,54-55,57-60,62-63,75,80H,16-17,22-24,29-34,36-41H2,1-10H3/b13-11-,18-12-,43-19-,47-35-/t42?,44?,45?,46-,48-,49?,54?,55+,57-,58?,59?,60?,62-,63?,68-/m1/s1. The van der Waals surface area contributed by atoms with Gasteiger partial charge in [0, 0.05) is 82.3 Å². The maximum absolute atomic E-state index is 14.8. The van der Waals surface area contributed by atoms with Gasteiger partial charge in [0.15, 0.2) is 5.78 Å². The van der Waals surface area contributed by atoms with Crippen LogP contribution in [0.25, 0.3) is 0 Å². The zero-order valence-corrected chi connectivity index (χ0v) is 53.0. The summed E-state index contributed by atoms with van der Waals surface area (Å²) in [5.41, 5.74) is 4.39. The van der Waals surface area contributed by atoms with Crippen LogP contribution in [0.1, 0.15) is 137 Å². The third-order valence-electron chi connectivity index (χ3n) is 18.6. The number of benzene rings is 2. The van der Waals surface area contributed by atoms with E-state index in [0.717, 1.165) is 18.5 Å². The number of hydrogen-bond donors (Lipinski definition) is 2. The summed E-state index contributed by atoms with van der Waals surface area (Å²) in [6, 6.07) is 14.2. The minimum atomic E-state index is -2.47. The summed E-state index contributed by atoms with van der Waals surface area (Å²) in [6.07, 6.45) is 10.6. The van der Waals surface area contributed by atoms with Crippen molar-refractivity contribution in [2.45, 2.75) is 193 Å².